The third kappa shape index (κ3) is 2.71. The molecule has 1 aromatic heterocycles. The van der Waals surface area contributed by atoms with Crippen molar-refractivity contribution >= 4 is 22.9 Å². The second-order valence-electron chi connectivity index (χ2n) is 3.72. The van der Waals surface area contributed by atoms with Gasteiger partial charge in [0.25, 0.3) is 0 Å². The molecule has 2 N–H and O–H groups in total. The minimum Gasteiger partial charge on any atom is -0.376 e. The van der Waals surface area contributed by atoms with Crippen molar-refractivity contribution in [2.75, 3.05) is 13.2 Å². The molecule has 0 aliphatic carbocycles. The van der Waals surface area contributed by atoms with Crippen LogP contribution in [0.15, 0.2) is 12.1 Å². The third-order valence-corrected chi connectivity index (χ3v) is 3.59. The summed E-state index contributed by atoms with van der Waals surface area (Å²) < 4.78 is 11.7. The molecule has 0 spiro atoms. The van der Waals surface area contributed by atoms with Crippen LogP contribution in [0.3, 0.4) is 0 Å². The Morgan fingerprint density at radius 1 is 1.60 bits per heavy atom. The Morgan fingerprint density at radius 3 is 2.73 bits per heavy atom. The van der Waals surface area contributed by atoms with Crippen molar-refractivity contribution < 1.29 is 9.47 Å². The third-order valence-electron chi connectivity index (χ3n) is 2.30. The van der Waals surface area contributed by atoms with Gasteiger partial charge >= 0.3 is 0 Å². The first-order valence-electron chi connectivity index (χ1n) is 4.91. The second-order valence-corrected chi connectivity index (χ2v) is 5.46. The topological polar surface area (TPSA) is 44.5 Å². The van der Waals surface area contributed by atoms with Crippen molar-refractivity contribution in [1.29, 1.82) is 0 Å². The number of nitrogens with two attached hydrogens (primary N) is 1. The van der Waals surface area contributed by atoms with Crippen LogP contribution in [0.5, 0.6) is 0 Å². The molecule has 2 unspecified atom stereocenters. The van der Waals surface area contributed by atoms with Gasteiger partial charge < -0.3 is 15.2 Å². The van der Waals surface area contributed by atoms with E-state index in [0.29, 0.717) is 13.2 Å². The van der Waals surface area contributed by atoms with Crippen molar-refractivity contribution in [3.05, 3.63) is 21.3 Å². The normalized spacial score (nSPS) is 21.0. The van der Waals surface area contributed by atoms with Crippen LogP contribution in [0.25, 0.3) is 0 Å². The zero-order valence-electron chi connectivity index (χ0n) is 8.48. The highest BCUT2D eigenvalue weighted by molar-refractivity contribution is 7.16. The lowest BCUT2D eigenvalue weighted by Gasteiger charge is -2.31. The van der Waals surface area contributed by atoms with E-state index in [2.05, 4.69) is 0 Å². The van der Waals surface area contributed by atoms with Gasteiger partial charge in [-0.05, 0) is 19.1 Å². The molecule has 0 aromatic carbocycles. The molecule has 1 aliphatic rings. The maximum Gasteiger partial charge on any atom is 0.107 e. The Kier molecular flexibility index (Phi) is 3.64. The molecular formula is C10H14ClNO2S. The number of ether oxygens (including phenoxy) is 2. The first kappa shape index (κ1) is 11.4. The monoisotopic (exact) mass is 247 g/mol. The van der Waals surface area contributed by atoms with Gasteiger partial charge in [-0.2, -0.15) is 0 Å². The van der Waals surface area contributed by atoms with Gasteiger partial charge in [0.05, 0.1) is 17.6 Å². The molecule has 2 atom stereocenters. The lowest BCUT2D eigenvalue weighted by molar-refractivity contribution is -0.158. The maximum atomic E-state index is 5.90. The molecule has 0 bridgehead atoms. The highest BCUT2D eigenvalue weighted by Gasteiger charge is 2.27. The maximum absolute atomic E-state index is 5.90. The van der Waals surface area contributed by atoms with E-state index in [4.69, 9.17) is 26.8 Å². The molecule has 0 amide bonds. The van der Waals surface area contributed by atoms with E-state index < -0.39 is 0 Å². The van der Waals surface area contributed by atoms with E-state index in [1.54, 1.807) is 0 Å². The van der Waals surface area contributed by atoms with Crippen molar-refractivity contribution in [3.8, 4) is 0 Å². The van der Waals surface area contributed by atoms with Gasteiger partial charge in [-0.15, -0.1) is 11.3 Å². The first-order chi connectivity index (χ1) is 7.16. The minimum absolute atomic E-state index is 0.0414. The number of halogens is 1. The first-order valence-corrected chi connectivity index (χ1v) is 6.10. The SMILES string of the molecule is CC(N)C(OC1COC1)c1ccc(Cl)s1. The molecule has 5 heteroatoms. The van der Waals surface area contributed by atoms with Crippen LogP contribution >= 0.6 is 22.9 Å². The minimum atomic E-state index is -0.0728. The van der Waals surface area contributed by atoms with E-state index in [1.807, 2.05) is 19.1 Å². The van der Waals surface area contributed by atoms with Gasteiger partial charge in [0.1, 0.15) is 12.2 Å². The van der Waals surface area contributed by atoms with Crippen LogP contribution < -0.4 is 5.73 Å². The Balaban J connectivity index is 2.04. The molecule has 1 aromatic rings. The molecule has 2 rings (SSSR count). The van der Waals surface area contributed by atoms with Gasteiger partial charge in [0.15, 0.2) is 0 Å². The molecule has 3 nitrogen and oxygen atoms in total. The van der Waals surface area contributed by atoms with Crippen molar-refractivity contribution in [1.82, 2.24) is 0 Å². The summed E-state index contributed by atoms with van der Waals surface area (Å²) in [5.74, 6) is 0. The van der Waals surface area contributed by atoms with Crippen molar-refractivity contribution in [3.63, 3.8) is 0 Å². The summed E-state index contributed by atoms with van der Waals surface area (Å²) in [6, 6.07) is 3.80. The second kappa shape index (κ2) is 4.80. The van der Waals surface area contributed by atoms with Crippen LogP contribution in [0.1, 0.15) is 17.9 Å². The fourth-order valence-corrected chi connectivity index (χ4v) is 2.65. The molecule has 0 saturated carbocycles. The van der Waals surface area contributed by atoms with Crippen LogP contribution in [-0.2, 0) is 9.47 Å². The van der Waals surface area contributed by atoms with E-state index in [0.717, 1.165) is 9.21 Å². The summed E-state index contributed by atoms with van der Waals surface area (Å²) in [6.07, 6.45) is 0.110. The molecule has 84 valence electrons. The molecule has 1 saturated heterocycles. The van der Waals surface area contributed by atoms with Crippen LogP contribution in [0.2, 0.25) is 4.34 Å². The van der Waals surface area contributed by atoms with Gasteiger partial charge in [-0.3, -0.25) is 0 Å². The summed E-state index contributed by atoms with van der Waals surface area (Å²) in [5, 5.41) is 0. The lowest BCUT2D eigenvalue weighted by Crippen LogP contribution is -2.40. The predicted octanol–water partition coefficient (Wildman–Crippen LogP) is 2.21. The largest absolute Gasteiger partial charge is 0.376 e. The highest BCUT2D eigenvalue weighted by atomic mass is 35.5. The average Bonchev–Trinajstić information content (AvgIpc) is 2.49. The molecular weight excluding hydrogens is 234 g/mol. The smallest absolute Gasteiger partial charge is 0.107 e. The lowest BCUT2D eigenvalue weighted by atomic mass is 10.1. The van der Waals surface area contributed by atoms with E-state index >= 15 is 0 Å². The quantitative estimate of drug-likeness (QED) is 0.887. The van der Waals surface area contributed by atoms with Crippen molar-refractivity contribution in [2.24, 2.45) is 5.73 Å². The number of hydrogen-bond donors (Lipinski definition) is 1. The van der Waals surface area contributed by atoms with Gasteiger partial charge in [-0.25, -0.2) is 0 Å². The molecule has 1 aliphatic heterocycles. The summed E-state index contributed by atoms with van der Waals surface area (Å²) in [4.78, 5) is 1.09. The fourth-order valence-electron chi connectivity index (χ4n) is 1.43. The average molecular weight is 248 g/mol. The number of rotatable bonds is 4. The number of thiophene rings is 1. The predicted molar refractivity (Wildman–Crippen MR) is 61.4 cm³/mol. The Bertz CT molecular complexity index is 325. The molecule has 0 radical (unpaired) electrons. The Labute approximate surface area is 98.1 Å². The van der Waals surface area contributed by atoms with Gasteiger partial charge in [-0.1, -0.05) is 11.6 Å². The fraction of sp³-hybridized carbons (Fsp3) is 0.600. The van der Waals surface area contributed by atoms with Crippen molar-refractivity contribution in [2.45, 2.75) is 25.2 Å². The summed E-state index contributed by atoms with van der Waals surface area (Å²) >= 11 is 7.41. The standard InChI is InChI=1S/C10H14ClNO2S/c1-6(12)10(14-7-4-13-5-7)8-2-3-9(11)15-8/h2-3,6-7,10H,4-5,12H2,1H3. The highest BCUT2D eigenvalue weighted by Crippen LogP contribution is 2.32. The van der Waals surface area contributed by atoms with E-state index in [9.17, 15) is 0 Å². The van der Waals surface area contributed by atoms with E-state index in [-0.39, 0.29) is 18.2 Å². The van der Waals surface area contributed by atoms with E-state index in [1.165, 1.54) is 11.3 Å². The van der Waals surface area contributed by atoms with Crippen LogP contribution in [0.4, 0.5) is 0 Å². The summed E-state index contributed by atoms with van der Waals surface area (Å²) in [7, 11) is 0. The van der Waals surface area contributed by atoms with Crippen LogP contribution in [-0.4, -0.2) is 25.4 Å². The zero-order valence-corrected chi connectivity index (χ0v) is 10.1. The molecule has 15 heavy (non-hydrogen) atoms. The summed E-state index contributed by atoms with van der Waals surface area (Å²) in [5.41, 5.74) is 5.90. The van der Waals surface area contributed by atoms with Crippen LogP contribution in [0, 0.1) is 0 Å². The van der Waals surface area contributed by atoms with Gasteiger partial charge in [0.2, 0.25) is 0 Å². The summed E-state index contributed by atoms with van der Waals surface area (Å²) in [6.45, 7) is 3.28. The van der Waals surface area contributed by atoms with Gasteiger partial charge in [0, 0.05) is 10.9 Å². The Morgan fingerprint density at radius 2 is 2.33 bits per heavy atom. The zero-order chi connectivity index (χ0) is 10.8. The molecule has 2 heterocycles. The number of hydrogen-bond acceptors (Lipinski definition) is 4. The Hall–Kier alpha value is -0.130. The molecule has 1 fully saturated rings.